The second kappa shape index (κ2) is 6.30. The first-order chi connectivity index (χ1) is 9.19. The molecule has 0 heterocycles. The van der Waals surface area contributed by atoms with E-state index in [2.05, 4.69) is 10.6 Å². The van der Waals surface area contributed by atoms with Crippen LogP contribution in [0.4, 0.5) is 10.1 Å². The van der Waals surface area contributed by atoms with Crippen molar-refractivity contribution >= 4 is 11.6 Å². The van der Waals surface area contributed by atoms with Crippen molar-refractivity contribution in [2.24, 2.45) is 0 Å². The molecule has 0 unspecified atom stereocenters. The number of nitrogens with zero attached hydrogens (tertiary/aromatic N) is 1. The van der Waals surface area contributed by atoms with Crippen LogP contribution in [-0.4, -0.2) is 18.5 Å². The monoisotopic (exact) mass is 261 g/mol. The molecule has 0 bridgehead atoms. The first kappa shape index (κ1) is 13.5. The SMILES string of the molecule is N#Cc1cc(F)ccc1NC(=O)CNC1CCCC1. The zero-order chi connectivity index (χ0) is 13.7. The lowest BCUT2D eigenvalue weighted by Gasteiger charge is -2.12. The third-order valence-electron chi connectivity index (χ3n) is 3.28. The lowest BCUT2D eigenvalue weighted by molar-refractivity contribution is -0.115. The van der Waals surface area contributed by atoms with E-state index >= 15 is 0 Å². The van der Waals surface area contributed by atoms with E-state index < -0.39 is 5.82 Å². The van der Waals surface area contributed by atoms with Crippen molar-refractivity contribution in [2.45, 2.75) is 31.7 Å². The third-order valence-corrected chi connectivity index (χ3v) is 3.28. The highest BCUT2D eigenvalue weighted by atomic mass is 19.1. The van der Waals surface area contributed by atoms with Gasteiger partial charge in [0.1, 0.15) is 11.9 Å². The molecule has 1 fully saturated rings. The van der Waals surface area contributed by atoms with Gasteiger partial charge in [-0.15, -0.1) is 0 Å². The van der Waals surface area contributed by atoms with Gasteiger partial charge in [0.05, 0.1) is 17.8 Å². The van der Waals surface area contributed by atoms with Crippen LogP contribution in [0.25, 0.3) is 0 Å². The molecule has 2 N–H and O–H groups in total. The van der Waals surface area contributed by atoms with E-state index in [1.807, 2.05) is 6.07 Å². The Hall–Kier alpha value is -1.93. The Balaban J connectivity index is 1.89. The van der Waals surface area contributed by atoms with Crippen molar-refractivity contribution in [1.82, 2.24) is 5.32 Å². The van der Waals surface area contributed by atoms with E-state index in [1.54, 1.807) is 0 Å². The molecular weight excluding hydrogens is 245 g/mol. The Kier molecular flexibility index (Phi) is 4.48. The van der Waals surface area contributed by atoms with Gasteiger partial charge in [-0.25, -0.2) is 4.39 Å². The van der Waals surface area contributed by atoms with Crippen LogP contribution in [0.1, 0.15) is 31.2 Å². The van der Waals surface area contributed by atoms with Crippen LogP contribution in [0, 0.1) is 17.1 Å². The van der Waals surface area contributed by atoms with Crippen LogP contribution in [0.15, 0.2) is 18.2 Å². The smallest absolute Gasteiger partial charge is 0.238 e. The second-order valence-corrected chi connectivity index (χ2v) is 4.71. The van der Waals surface area contributed by atoms with E-state index in [-0.39, 0.29) is 18.0 Å². The topological polar surface area (TPSA) is 64.9 Å². The number of benzene rings is 1. The summed E-state index contributed by atoms with van der Waals surface area (Å²) in [7, 11) is 0. The summed E-state index contributed by atoms with van der Waals surface area (Å²) in [5, 5.41) is 14.7. The largest absolute Gasteiger partial charge is 0.324 e. The summed E-state index contributed by atoms with van der Waals surface area (Å²) in [6.45, 7) is 0.215. The van der Waals surface area contributed by atoms with Gasteiger partial charge in [0.15, 0.2) is 0 Å². The molecule has 1 aromatic carbocycles. The highest BCUT2D eigenvalue weighted by Crippen LogP contribution is 2.18. The van der Waals surface area contributed by atoms with Crippen molar-refractivity contribution in [1.29, 1.82) is 5.26 Å². The minimum atomic E-state index is -0.487. The third kappa shape index (κ3) is 3.76. The molecule has 1 aliphatic carbocycles. The molecule has 19 heavy (non-hydrogen) atoms. The molecule has 0 aliphatic heterocycles. The summed E-state index contributed by atoms with van der Waals surface area (Å²) in [6, 6.07) is 6.01. The fourth-order valence-corrected chi connectivity index (χ4v) is 2.28. The number of hydrogen-bond acceptors (Lipinski definition) is 3. The van der Waals surface area contributed by atoms with Gasteiger partial charge in [-0.05, 0) is 31.0 Å². The number of halogens is 1. The van der Waals surface area contributed by atoms with Gasteiger partial charge in [-0.3, -0.25) is 4.79 Å². The maximum Gasteiger partial charge on any atom is 0.238 e. The molecule has 1 aliphatic rings. The molecule has 4 nitrogen and oxygen atoms in total. The fourth-order valence-electron chi connectivity index (χ4n) is 2.28. The van der Waals surface area contributed by atoms with Crippen molar-refractivity contribution in [3.05, 3.63) is 29.6 Å². The Morgan fingerprint density at radius 1 is 1.42 bits per heavy atom. The van der Waals surface area contributed by atoms with Gasteiger partial charge >= 0.3 is 0 Å². The molecule has 0 radical (unpaired) electrons. The normalized spacial score (nSPS) is 15.2. The minimum absolute atomic E-state index is 0.134. The van der Waals surface area contributed by atoms with E-state index in [4.69, 9.17) is 5.26 Å². The highest BCUT2D eigenvalue weighted by molar-refractivity contribution is 5.93. The van der Waals surface area contributed by atoms with Crippen molar-refractivity contribution < 1.29 is 9.18 Å². The standard InChI is InChI=1S/C14H16FN3O/c15-11-5-6-13(10(7-11)8-16)18-14(19)9-17-12-3-1-2-4-12/h5-7,12,17H,1-4,9H2,(H,18,19). The summed E-state index contributed by atoms with van der Waals surface area (Å²) in [5.74, 6) is -0.700. The lowest BCUT2D eigenvalue weighted by atomic mass is 10.2. The van der Waals surface area contributed by atoms with Crippen LogP contribution in [-0.2, 0) is 4.79 Å². The number of carbonyl (C=O) groups is 1. The molecule has 1 saturated carbocycles. The van der Waals surface area contributed by atoms with Crippen molar-refractivity contribution in [3.8, 4) is 6.07 Å². The van der Waals surface area contributed by atoms with E-state index in [1.165, 1.54) is 25.0 Å². The molecule has 5 heteroatoms. The number of amides is 1. The maximum absolute atomic E-state index is 12.9. The van der Waals surface area contributed by atoms with E-state index in [0.29, 0.717) is 11.7 Å². The van der Waals surface area contributed by atoms with Gasteiger partial charge in [0, 0.05) is 6.04 Å². The molecule has 0 atom stereocenters. The molecule has 0 saturated heterocycles. The highest BCUT2D eigenvalue weighted by Gasteiger charge is 2.15. The van der Waals surface area contributed by atoms with Gasteiger partial charge < -0.3 is 10.6 Å². The van der Waals surface area contributed by atoms with Gasteiger partial charge in [0.25, 0.3) is 0 Å². The second-order valence-electron chi connectivity index (χ2n) is 4.71. The summed E-state index contributed by atoms with van der Waals surface area (Å²) in [6.07, 6.45) is 4.62. The average Bonchev–Trinajstić information content (AvgIpc) is 2.91. The quantitative estimate of drug-likeness (QED) is 0.873. The Labute approximate surface area is 111 Å². The van der Waals surface area contributed by atoms with Crippen molar-refractivity contribution in [3.63, 3.8) is 0 Å². The van der Waals surface area contributed by atoms with E-state index in [0.717, 1.165) is 18.9 Å². The zero-order valence-corrected chi connectivity index (χ0v) is 10.6. The minimum Gasteiger partial charge on any atom is -0.324 e. The number of carbonyl (C=O) groups excluding carboxylic acids is 1. The summed E-state index contributed by atoms with van der Waals surface area (Å²) in [5.41, 5.74) is 0.483. The predicted octanol–water partition coefficient (Wildman–Crippen LogP) is 2.17. The van der Waals surface area contributed by atoms with Crippen LogP contribution in [0.3, 0.4) is 0 Å². The van der Waals surface area contributed by atoms with Gasteiger partial charge in [0.2, 0.25) is 5.91 Å². The lowest BCUT2D eigenvalue weighted by Crippen LogP contribution is -2.34. The number of nitriles is 1. The first-order valence-corrected chi connectivity index (χ1v) is 6.42. The molecule has 1 amide bonds. The van der Waals surface area contributed by atoms with Gasteiger partial charge in [-0.2, -0.15) is 5.26 Å². The van der Waals surface area contributed by atoms with Crippen LogP contribution >= 0.6 is 0 Å². The van der Waals surface area contributed by atoms with Crippen LogP contribution in [0.2, 0.25) is 0 Å². The summed E-state index contributed by atoms with van der Waals surface area (Å²) < 4.78 is 12.9. The molecular formula is C14H16FN3O. The molecule has 2 rings (SSSR count). The van der Waals surface area contributed by atoms with Crippen LogP contribution < -0.4 is 10.6 Å². The zero-order valence-electron chi connectivity index (χ0n) is 10.6. The number of hydrogen-bond donors (Lipinski definition) is 2. The number of anilines is 1. The first-order valence-electron chi connectivity index (χ1n) is 6.42. The number of rotatable bonds is 4. The maximum atomic E-state index is 12.9. The van der Waals surface area contributed by atoms with Crippen LogP contribution in [0.5, 0.6) is 0 Å². The molecule has 0 spiro atoms. The van der Waals surface area contributed by atoms with E-state index in [9.17, 15) is 9.18 Å². The summed E-state index contributed by atoms with van der Waals surface area (Å²) in [4.78, 5) is 11.7. The Morgan fingerprint density at radius 3 is 2.84 bits per heavy atom. The predicted molar refractivity (Wildman–Crippen MR) is 70.0 cm³/mol. The summed E-state index contributed by atoms with van der Waals surface area (Å²) >= 11 is 0. The fraction of sp³-hybridized carbons (Fsp3) is 0.429. The van der Waals surface area contributed by atoms with Gasteiger partial charge in [-0.1, -0.05) is 12.8 Å². The Bertz CT molecular complexity index is 504. The van der Waals surface area contributed by atoms with Crippen molar-refractivity contribution in [2.75, 3.05) is 11.9 Å². The number of nitrogens with one attached hydrogen (secondary N) is 2. The molecule has 1 aromatic rings. The average molecular weight is 261 g/mol. The molecule has 100 valence electrons. The Morgan fingerprint density at radius 2 is 2.16 bits per heavy atom. The molecule has 0 aromatic heterocycles.